The number of hydrogen-bond acceptors (Lipinski definition) is 6. The van der Waals surface area contributed by atoms with Gasteiger partial charge in [-0.2, -0.15) is 0 Å². The fourth-order valence-corrected chi connectivity index (χ4v) is 2.81. The second-order valence-electron chi connectivity index (χ2n) is 7.90. The first-order chi connectivity index (χ1) is 14.6. The number of aromatic nitrogens is 1. The first-order valence-electron chi connectivity index (χ1n) is 9.58. The van der Waals surface area contributed by atoms with Crippen molar-refractivity contribution in [3.05, 3.63) is 53.2 Å². The van der Waals surface area contributed by atoms with E-state index in [0.29, 0.717) is 10.8 Å². The molecule has 0 unspecified atom stereocenters. The van der Waals surface area contributed by atoms with Crippen LogP contribution in [0.15, 0.2) is 42.6 Å². The van der Waals surface area contributed by atoms with Crippen molar-refractivity contribution in [3.63, 3.8) is 0 Å². The molecule has 3 rings (SSSR count). The Morgan fingerprint density at radius 3 is 2.45 bits per heavy atom. The normalized spacial score (nSPS) is 13.7. The van der Waals surface area contributed by atoms with Crippen LogP contribution in [-0.2, 0) is 9.47 Å². The molecule has 0 radical (unpaired) electrons. The van der Waals surface area contributed by atoms with Gasteiger partial charge in [0.2, 0.25) is 0 Å². The highest BCUT2D eigenvalue weighted by Crippen LogP contribution is 2.20. The summed E-state index contributed by atoms with van der Waals surface area (Å²) in [4.78, 5) is 42.3. The van der Waals surface area contributed by atoms with E-state index in [2.05, 4.69) is 15.6 Å². The fraction of sp³-hybridized carbons (Fsp3) is 0.333. The summed E-state index contributed by atoms with van der Waals surface area (Å²) in [5.74, 6) is -0.131. The summed E-state index contributed by atoms with van der Waals surface area (Å²) in [6, 6.07) is 9.67. The zero-order valence-corrected chi connectivity index (χ0v) is 18.1. The molecule has 0 atom stereocenters. The van der Waals surface area contributed by atoms with Crippen molar-refractivity contribution in [2.24, 2.45) is 0 Å². The van der Waals surface area contributed by atoms with Gasteiger partial charge >= 0.3 is 12.2 Å². The van der Waals surface area contributed by atoms with E-state index in [1.54, 1.807) is 57.2 Å². The van der Waals surface area contributed by atoms with Gasteiger partial charge in [-0.3, -0.25) is 10.1 Å². The van der Waals surface area contributed by atoms with E-state index in [-0.39, 0.29) is 24.3 Å². The highest BCUT2D eigenvalue weighted by molar-refractivity contribution is 6.30. The van der Waals surface area contributed by atoms with Crippen molar-refractivity contribution >= 4 is 41.2 Å². The van der Waals surface area contributed by atoms with Crippen LogP contribution >= 0.6 is 11.6 Å². The van der Waals surface area contributed by atoms with Gasteiger partial charge in [0.25, 0.3) is 5.91 Å². The zero-order chi connectivity index (χ0) is 22.6. The number of benzene rings is 1. The Bertz CT molecular complexity index is 968. The third-order valence-corrected chi connectivity index (χ3v) is 4.37. The van der Waals surface area contributed by atoms with Crippen LogP contribution in [0.2, 0.25) is 5.02 Å². The van der Waals surface area contributed by atoms with E-state index in [9.17, 15) is 14.4 Å². The van der Waals surface area contributed by atoms with E-state index in [1.807, 2.05) is 0 Å². The first kappa shape index (κ1) is 22.4. The van der Waals surface area contributed by atoms with Crippen LogP contribution < -0.4 is 10.6 Å². The molecule has 0 saturated carbocycles. The first-order valence-corrected chi connectivity index (χ1v) is 9.96. The Morgan fingerprint density at radius 1 is 1.10 bits per heavy atom. The summed E-state index contributed by atoms with van der Waals surface area (Å²) in [6.07, 6.45) is -0.214. The molecule has 1 saturated heterocycles. The molecule has 1 aromatic carbocycles. The quantitative estimate of drug-likeness (QED) is 0.729. The number of carbonyl (C=O) groups is 3. The number of ether oxygens (including phenoxy) is 2. The second-order valence-corrected chi connectivity index (χ2v) is 8.34. The number of nitrogens with zero attached hydrogens (tertiary/aromatic N) is 2. The minimum absolute atomic E-state index is 0.236. The summed E-state index contributed by atoms with van der Waals surface area (Å²) < 4.78 is 10.6. The number of pyridine rings is 1. The van der Waals surface area contributed by atoms with E-state index in [1.165, 1.54) is 11.1 Å². The lowest BCUT2D eigenvalue weighted by Crippen LogP contribution is -2.56. The van der Waals surface area contributed by atoms with Crippen molar-refractivity contribution in [3.8, 4) is 0 Å². The number of rotatable bonds is 4. The lowest BCUT2D eigenvalue weighted by molar-refractivity contribution is -0.0339. The molecular formula is C21H23ClN4O5. The second kappa shape index (κ2) is 9.22. The summed E-state index contributed by atoms with van der Waals surface area (Å²) in [6.45, 7) is 5.83. The van der Waals surface area contributed by atoms with Crippen LogP contribution in [0.1, 0.15) is 31.1 Å². The third-order valence-electron chi connectivity index (χ3n) is 4.15. The van der Waals surface area contributed by atoms with Crippen LogP contribution in [0.3, 0.4) is 0 Å². The molecule has 164 valence electrons. The maximum absolute atomic E-state index is 12.6. The predicted molar refractivity (Wildman–Crippen MR) is 115 cm³/mol. The molecule has 2 N–H and O–H groups in total. The molecule has 2 heterocycles. The zero-order valence-electron chi connectivity index (χ0n) is 17.3. The highest BCUT2D eigenvalue weighted by atomic mass is 35.5. The van der Waals surface area contributed by atoms with Crippen LogP contribution in [0, 0.1) is 0 Å². The van der Waals surface area contributed by atoms with Crippen LogP contribution in [-0.4, -0.2) is 52.8 Å². The van der Waals surface area contributed by atoms with E-state index < -0.39 is 29.8 Å². The van der Waals surface area contributed by atoms with E-state index >= 15 is 0 Å². The number of amides is 3. The lowest BCUT2D eigenvalue weighted by atomic mass is 10.1. The van der Waals surface area contributed by atoms with E-state index in [0.717, 1.165) is 0 Å². The van der Waals surface area contributed by atoms with Gasteiger partial charge in [0.15, 0.2) is 0 Å². The molecule has 9 nitrogen and oxygen atoms in total. The monoisotopic (exact) mass is 446 g/mol. The van der Waals surface area contributed by atoms with Crippen molar-refractivity contribution < 1.29 is 23.9 Å². The van der Waals surface area contributed by atoms with Gasteiger partial charge in [0.1, 0.15) is 17.5 Å². The molecule has 0 bridgehead atoms. The SMILES string of the molecule is CC(C)(C)OC(=O)N1CC(OC(=O)Nc2ccccc2C(=O)Nc2ccc(Cl)cn2)C1. The lowest BCUT2D eigenvalue weighted by Gasteiger charge is -2.38. The van der Waals surface area contributed by atoms with Crippen LogP contribution in [0.25, 0.3) is 0 Å². The Balaban J connectivity index is 1.54. The number of likely N-dealkylation sites (tertiary alicyclic amines) is 1. The molecule has 31 heavy (non-hydrogen) atoms. The van der Waals surface area contributed by atoms with Crippen LogP contribution in [0.4, 0.5) is 21.1 Å². The summed E-state index contributed by atoms with van der Waals surface area (Å²) >= 11 is 5.80. The molecule has 1 fully saturated rings. The summed E-state index contributed by atoms with van der Waals surface area (Å²) in [5.41, 5.74) is -0.0749. The summed E-state index contributed by atoms with van der Waals surface area (Å²) in [5, 5.41) is 5.66. The van der Waals surface area contributed by atoms with Gasteiger partial charge in [0, 0.05) is 6.20 Å². The van der Waals surface area contributed by atoms with Gasteiger partial charge in [-0.15, -0.1) is 0 Å². The smallest absolute Gasteiger partial charge is 0.412 e. The average Bonchev–Trinajstić information content (AvgIpc) is 2.65. The third kappa shape index (κ3) is 6.32. The van der Waals surface area contributed by atoms with Gasteiger partial charge in [-0.25, -0.2) is 14.6 Å². The van der Waals surface area contributed by atoms with Gasteiger partial charge in [0.05, 0.1) is 29.4 Å². The van der Waals surface area contributed by atoms with Gasteiger partial charge in [-0.1, -0.05) is 23.7 Å². The largest absolute Gasteiger partial charge is 0.444 e. The number of anilines is 2. The Morgan fingerprint density at radius 2 is 1.81 bits per heavy atom. The van der Waals surface area contributed by atoms with Crippen molar-refractivity contribution in [2.45, 2.75) is 32.5 Å². The fourth-order valence-electron chi connectivity index (χ4n) is 2.70. The molecule has 3 amide bonds. The molecule has 10 heteroatoms. The van der Waals surface area contributed by atoms with Crippen molar-refractivity contribution in [1.29, 1.82) is 0 Å². The molecule has 0 aliphatic carbocycles. The van der Waals surface area contributed by atoms with Crippen LogP contribution in [0.5, 0.6) is 0 Å². The molecule has 1 aliphatic rings. The Labute approximate surface area is 184 Å². The van der Waals surface area contributed by atoms with Gasteiger partial charge in [-0.05, 0) is 45.0 Å². The summed E-state index contributed by atoms with van der Waals surface area (Å²) in [7, 11) is 0. The topological polar surface area (TPSA) is 110 Å². The minimum atomic E-state index is -0.723. The van der Waals surface area contributed by atoms with Gasteiger partial charge < -0.3 is 19.7 Å². The standard InChI is InChI=1S/C21H23ClN4O5/c1-21(2,3)31-20(29)26-11-14(12-26)30-19(28)24-16-7-5-4-6-15(16)18(27)25-17-9-8-13(22)10-23-17/h4-10,14H,11-12H2,1-3H3,(H,24,28)(H,23,25,27). The Kier molecular flexibility index (Phi) is 6.65. The highest BCUT2D eigenvalue weighted by Gasteiger charge is 2.36. The average molecular weight is 447 g/mol. The van der Waals surface area contributed by atoms with Crippen molar-refractivity contribution in [2.75, 3.05) is 23.7 Å². The minimum Gasteiger partial charge on any atom is -0.444 e. The number of para-hydroxylation sites is 1. The molecule has 1 aliphatic heterocycles. The number of carbonyl (C=O) groups excluding carboxylic acids is 3. The molecule has 1 aromatic heterocycles. The number of halogens is 1. The maximum Gasteiger partial charge on any atom is 0.412 e. The predicted octanol–water partition coefficient (Wildman–Crippen LogP) is 4.16. The molecule has 2 aromatic rings. The Hall–Kier alpha value is -3.33. The van der Waals surface area contributed by atoms with Crippen molar-refractivity contribution in [1.82, 2.24) is 9.88 Å². The molecule has 0 spiro atoms. The maximum atomic E-state index is 12.6. The molecular weight excluding hydrogens is 424 g/mol. The number of nitrogens with one attached hydrogen (secondary N) is 2. The van der Waals surface area contributed by atoms with E-state index in [4.69, 9.17) is 21.1 Å². The number of hydrogen-bond donors (Lipinski definition) is 2.